The van der Waals surface area contributed by atoms with Gasteiger partial charge in [0.05, 0.1) is 12.1 Å². The van der Waals surface area contributed by atoms with E-state index < -0.39 is 0 Å². The van der Waals surface area contributed by atoms with Crippen LogP contribution in [0.4, 0.5) is 5.69 Å². The van der Waals surface area contributed by atoms with Crippen LogP contribution in [0.3, 0.4) is 0 Å². The molecule has 0 fully saturated rings. The molecule has 1 N–H and O–H groups in total. The molecular weight excluding hydrogens is 324 g/mol. The molecule has 1 heterocycles. The summed E-state index contributed by atoms with van der Waals surface area (Å²) in [7, 11) is 0. The third-order valence-electron chi connectivity index (χ3n) is 4.37. The van der Waals surface area contributed by atoms with Crippen LogP contribution in [-0.2, 0) is 6.54 Å². The Morgan fingerprint density at radius 3 is 2.50 bits per heavy atom. The highest BCUT2D eigenvalue weighted by atomic mass is 16.2. The monoisotopic (exact) mass is 346 g/mol. The maximum atomic E-state index is 12.5. The Kier molecular flexibility index (Phi) is 5.03. The molecule has 2 aromatic carbocycles. The Morgan fingerprint density at radius 1 is 0.962 bits per heavy atom. The van der Waals surface area contributed by atoms with Crippen LogP contribution in [-0.4, -0.2) is 10.5 Å². The zero-order valence-corrected chi connectivity index (χ0v) is 15.2. The maximum Gasteiger partial charge on any atom is 0.257 e. The minimum atomic E-state index is -0.231. The Hall–Kier alpha value is -3.14. The lowest BCUT2D eigenvalue weighted by Crippen LogP contribution is -2.23. The van der Waals surface area contributed by atoms with Crippen molar-refractivity contribution in [3.8, 4) is 0 Å². The number of hydrogen-bond acceptors (Lipinski definition) is 2. The Labute approximate surface area is 153 Å². The molecule has 0 aliphatic carbocycles. The van der Waals surface area contributed by atoms with Crippen LogP contribution in [0.15, 0.2) is 65.6 Å². The molecule has 1 aromatic heterocycles. The summed E-state index contributed by atoms with van der Waals surface area (Å²) in [4.78, 5) is 24.8. The highest BCUT2D eigenvalue weighted by molar-refractivity contribution is 6.04. The largest absolute Gasteiger partial charge is 0.322 e. The molecule has 0 saturated carbocycles. The molecule has 1 amide bonds. The fourth-order valence-electron chi connectivity index (χ4n) is 2.87. The number of amides is 1. The van der Waals surface area contributed by atoms with E-state index in [4.69, 9.17) is 0 Å². The third kappa shape index (κ3) is 4.09. The van der Waals surface area contributed by atoms with Gasteiger partial charge in [0.2, 0.25) is 0 Å². The van der Waals surface area contributed by atoms with Gasteiger partial charge >= 0.3 is 0 Å². The highest BCUT2D eigenvalue weighted by Crippen LogP contribution is 2.13. The molecule has 0 unspecified atom stereocenters. The first-order chi connectivity index (χ1) is 12.4. The molecule has 0 atom stereocenters. The lowest BCUT2D eigenvalue weighted by atomic mass is 10.1. The molecule has 0 aliphatic rings. The summed E-state index contributed by atoms with van der Waals surface area (Å²) in [5.41, 5.74) is 5.48. The van der Waals surface area contributed by atoms with Crippen molar-refractivity contribution in [3.05, 3.63) is 99.0 Å². The summed E-state index contributed by atoms with van der Waals surface area (Å²) in [6.45, 7) is 6.46. The Bertz CT molecular complexity index is 1020. The second-order valence-electron chi connectivity index (χ2n) is 6.64. The van der Waals surface area contributed by atoms with E-state index in [1.54, 1.807) is 16.8 Å². The minimum absolute atomic E-state index is 0.127. The first kappa shape index (κ1) is 17.7. The van der Waals surface area contributed by atoms with E-state index in [0.29, 0.717) is 12.1 Å². The summed E-state index contributed by atoms with van der Waals surface area (Å²) >= 11 is 0. The van der Waals surface area contributed by atoms with Crippen LogP contribution >= 0.6 is 0 Å². The molecule has 132 valence electrons. The molecule has 0 saturated heterocycles. The molecular formula is C22H22N2O2. The van der Waals surface area contributed by atoms with Crippen LogP contribution in [0, 0.1) is 20.8 Å². The number of carbonyl (C=O) groups is 1. The van der Waals surface area contributed by atoms with E-state index >= 15 is 0 Å². The number of aryl methyl sites for hydroxylation is 3. The van der Waals surface area contributed by atoms with Crippen molar-refractivity contribution in [3.63, 3.8) is 0 Å². The lowest BCUT2D eigenvalue weighted by Gasteiger charge is -2.12. The van der Waals surface area contributed by atoms with Gasteiger partial charge in [0.1, 0.15) is 0 Å². The maximum absolute atomic E-state index is 12.5. The van der Waals surface area contributed by atoms with Gasteiger partial charge in [-0.05, 0) is 55.7 Å². The second kappa shape index (κ2) is 7.40. The van der Waals surface area contributed by atoms with Crippen LogP contribution in [0.2, 0.25) is 0 Å². The quantitative estimate of drug-likeness (QED) is 0.774. The lowest BCUT2D eigenvalue weighted by molar-refractivity contribution is 0.102. The first-order valence-corrected chi connectivity index (χ1v) is 8.57. The fourth-order valence-corrected chi connectivity index (χ4v) is 2.87. The van der Waals surface area contributed by atoms with Crippen molar-refractivity contribution >= 4 is 11.6 Å². The smallest absolute Gasteiger partial charge is 0.257 e. The standard InChI is InChI=1S/C22H22N2O2/c1-15-5-4-6-20(12-15)23-22(26)18-9-10-21(25)24(13-18)14-19-11-16(2)7-8-17(19)3/h4-13H,14H2,1-3H3,(H,23,26). The molecule has 0 radical (unpaired) electrons. The van der Waals surface area contributed by atoms with E-state index in [0.717, 1.165) is 27.9 Å². The van der Waals surface area contributed by atoms with Crippen LogP contribution in [0.25, 0.3) is 0 Å². The number of nitrogens with zero attached hydrogens (tertiary/aromatic N) is 1. The molecule has 0 aliphatic heterocycles. The molecule has 3 aromatic rings. The predicted molar refractivity (Wildman–Crippen MR) is 105 cm³/mol. The fraction of sp³-hybridized carbons (Fsp3) is 0.182. The van der Waals surface area contributed by atoms with Gasteiger partial charge in [-0.2, -0.15) is 0 Å². The van der Waals surface area contributed by atoms with E-state index in [2.05, 4.69) is 11.4 Å². The Morgan fingerprint density at radius 2 is 1.73 bits per heavy atom. The van der Waals surface area contributed by atoms with Crippen molar-refractivity contribution < 1.29 is 4.79 Å². The van der Waals surface area contributed by atoms with Crippen LogP contribution < -0.4 is 10.9 Å². The number of hydrogen-bond donors (Lipinski definition) is 1. The van der Waals surface area contributed by atoms with Gasteiger partial charge in [-0.3, -0.25) is 9.59 Å². The zero-order valence-electron chi connectivity index (χ0n) is 15.2. The summed E-state index contributed by atoms with van der Waals surface area (Å²) in [5.74, 6) is -0.231. The highest BCUT2D eigenvalue weighted by Gasteiger charge is 2.09. The van der Waals surface area contributed by atoms with E-state index in [9.17, 15) is 9.59 Å². The van der Waals surface area contributed by atoms with Crippen molar-refractivity contribution in [2.75, 3.05) is 5.32 Å². The van der Waals surface area contributed by atoms with Gasteiger partial charge in [0.15, 0.2) is 0 Å². The molecule has 26 heavy (non-hydrogen) atoms. The second-order valence-corrected chi connectivity index (χ2v) is 6.64. The van der Waals surface area contributed by atoms with Gasteiger partial charge in [-0.1, -0.05) is 35.9 Å². The molecule has 0 spiro atoms. The zero-order chi connectivity index (χ0) is 18.7. The first-order valence-electron chi connectivity index (χ1n) is 8.57. The van der Waals surface area contributed by atoms with Crippen molar-refractivity contribution in [2.24, 2.45) is 0 Å². The number of nitrogens with one attached hydrogen (secondary N) is 1. The number of benzene rings is 2. The Balaban J connectivity index is 1.86. The van der Waals surface area contributed by atoms with Crippen molar-refractivity contribution in [2.45, 2.75) is 27.3 Å². The van der Waals surface area contributed by atoms with E-state index in [1.807, 2.05) is 57.2 Å². The minimum Gasteiger partial charge on any atom is -0.322 e. The third-order valence-corrected chi connectivity index (χ3v) is 4.37. The van der Waals surface area contributed by atoms with Crippen LogP contribution in [0.5, 0.6) is 0 Å². The average molecular weight is 346 g/mol. The van der Waals surface area contributed by atoms with Gasteiger partial charge in [-0.15, -0.1) is 0 Å². The van der Waals surface area contributed by atoms with Crippen molar-refractivity contribution in [1.82, 2.24) is 4.57 Å². The molecule has 3 rings (SSSR count). The van der Waals surface area contributed by atoms with E-state index in [-0.39, 0.29) is 11.5 Å². The molecule has 4 heteroatoms. The predicted octanol–water partition coefficient (Wildman–Crippen LogP) is 4.07. The van der Waals surface area contributed by atoms with Gasteiger partial charge < -0.3 is 9.88 Å². The summed E-state index contributed by atoms with van der Waals surface area (Å²) in [6.07, 6.45) is 1.62. The number of carbonyl (C=O) groups excluding carboxylic acids is 1. The summed E-state index contributed by atoms with van der Waals surface area (Å²) < 4.78 is 1.58. The normalized spacial score (nSPS) is 10.6. The van der Waals surface area contributed by atoms with Gasteiger partial charge in [0, 0.05) is 18.0 Å². The van der Waals surface area contributed by atoms with Crippen molar-refractivity contribution in [1.29, 1.82) is 0 Å². The van der Waals surface area contributed by atoms with Gasteiger partial charge in [-0.25, -0.2) is 0 Å². The SMILES string of the molecule is Cc1cccc(NC(=O)c2ccc(=O)n(Cc3cc(C)ccc3C)c2)c1. The van der Waals surface area contributed by atoms with E-state index in [1.165, 1.54) is 6.07 Å². The van der Waals surface area contributed by atoms with Crippen LogP contribution in [0.1, 0.15) is 32.6 Å². The number of anilines is 1. The topological polar surface area (TPSA) is 51.1 Å². The summed E-state index contributed by atoms with van der Waals surface area (Å²) in [6, 6.07) is 16.8. The summed E-state index contributed by atoms with van der Waals surface area (Å²) in [5, 5.41) is 2.88. The molecule has 4 nitrogen and oxygen atoms in total. The van der Waals surface area contributed by atoms with Gasteiger partial charge in [0.25, 0.3) is 11.5 Å². The number of aromatic nitrogens is 1. The molecule has 0 bridgehead atoms. The number of pyridine rings is 1. The number of rotatable bonds is 4. The average Bonchev–Trinajstić information content (AvgIpc) is 2.60.